The lowest BCUT2D eigenvalue weighted by Gasteiger charge is -2.17. The van der Waals surface area contributed by atoms with Gasteiger partial charge in [-0.25, -0.2) is 4.98 Å². The first kappa shape index (κ1) is 14.3. The van der Waals surface area contributed by atoms with Crippen LogP contribution in [0.2, 0.25) is 0 Å². The van der Waals surface area contributed by atoms with E-state index in [0.29, 0.717) is 0 Å². The first-order valence-corrected chi connectivity index (χ1v) is 7.19. The summed E-state index contributed by atoms with van der Waals surface area (Å²) < 4.78 is 0. The van der Waals surface area contributed by atoms with E-state index >= 15 is 0 Å². The van der Waals surface area contributed by atoms with Crippen LogP contribution in [0.3, 0.4) is 0 Å². The Morgan fingerprint density at radius 2 is 2.00 bits per heavy atom. The molecular weight excluding hydrogens is 232 g/mol. The molecule has 96 valence electrons. The van der Waals surface area contributed by atoms with Gasteiger partial charge in [0.2, 0.25) is 0 Å². The lowest BCUT2D eigenvalue weighted by molar-refractivity contribution is 0.324. The lowest BCUT2D eigenvalue weighted by atomic mass is 10.5. The van der Waals surface area contributed by atoms with Gasteiger partial charge < -0.3 is 10.2 Å². The smallest absolute Gasteiger partial charge is 0.145 e. The Morgan fingerprint density at radius 3 is 2.65 bits per heavy atom. The fourth-order valence-electron chi connectivity index (χ4n) is 1.50. The van der Waals surface area contributed by atoms with Gasteiger partial charge >= 0.3 is 0 Å². The average Bonchev–Trinajstić information content (AvgIpc) is 2.36. The van der Waals surface area contributed by atoms with Crippen LogP contribution in [-0.2, 0) is 0 Å². The lowest BCUT2D eigenvalue weighted by Crippen LogP contribution is -2.25. The zero-order valence-corrected chi connectivity index (χ0v) is 11.8. The highest BCUT2D eigenvalue weighted by Gasteiger charge is 2.02. The largest absolute Gasteiger partial charge is 0.369 e. The Bertz CT molecular complexity index is 315. The molecular formula is C12H22N4S. The van der Waals surface area contributed by atoms with Crippen LogP contribution in [0.5, 0.6) is 0 Å². The third kappa shape index (κ3) is 5.37. The summed E-state index contributed by atoms with van der Waals surface area (Å²) in [6, 6.07) is 0. The molecule has 0 aliphatic rings. The second-order valence-electron chi connectivity index (χ2n) is 3.65. The molecule has 0 amide bonds. The number of hydrogen-bond acceptors (Lipinski definition) is 5. The van der Waals surface area contributed by atoms with Crippen molar-refractivity contribution in [3.8, 4) is 0 Å². The van der Waals surface area contributed by atoms with Crippen LogP contribution in [0, 0.1) is 0 Å². The number of rotatable bonds is 8. The normalized spacial score (nSPS) is 10.8. The predicted octanol–water partition coefficient (Wildman–Crippen LogP) is 2.34. The van der Waals surface area contributed by atoms with Gasteiger partial charge in [0.1, 0.15) is 10.8 Å². The van der Waals surface area contributed by atoms with Gasteiger partial charge in [-0.2, -0.15) is 0 Å². The third-order valence-electron chi connectivity index (χ3n) is 2.52. The molecule has 0 saturated carbocycles. The molecule has 0 fully saturated rings. The Hall–Kier alpha value is -0.810. The Kier molecular flexibility index (Phi) is 6.96. The van der Waals surface area contributed by atoms with Crippen molar-refractivity contribution in [2.75, 3.05) is 37.2 Å². The average molecular weight is 254 g/mol. The minimum absolute atomic E-state index is 0.861. The molecule has 1 aromatic heterocycles. The zero-order valence-electron chi connectivity index (χ0n) is 10.9. The van der Waals surface area contributed by atoms with Crippen molar-refractivity contribution in [2.24, 2.45) is 0 Å². The van der Waals surface area contributed by atoms with Gasteiger partial charge in [0.25, 0.3) is 0 Å². The second-order valence-corrected chi connectivity index (χ2v) is 4.76. The van der Waals surface area contributed by atoms with Gasteiger partial charge in [-0.15, -0.1) is 11.8 Å². The summed E-state index contributed by atoms with van der Waals surface area (Å²) >= 11 is 1.76. The molecule has 1 aromatic rings. The molecule has 0 spiro atoms. The summed E-state index contributed by atoms with van der Waals surface area (Å²) in [6.45, 7) is 10.6. The molecule has 1 heterocycles. The van der Waals surface area contributed by atoms with E-state index in [1.54, 1.807) is 18.0 Å². The van der Waals surface area contributed by atoms with Gasteiger partial charge in [-0.3, -0.25) is 4.98 Å². The molecule has 0 bridgehead atoms. The van der Waals surface area contributed by atoms with Gasteiger partial charge in [-0.05, 0) is 20.0 Å². The zero-order chi connectivity index (χ0) is 12.5. The van der Waals surface area contributed by atoms with Gasteiger partial charge in [0, 0.05) is 18.8 Å². The minimum atomic E-state index is 0.861. The molecule has 0 saturated heterocycles. The molecule has 0 aliphatic heterocycles. The number of aromatic nitrogens is 2. The summed E-state index contributed by atoms with van der Waals surface area (Å²) in [7, 11) is 0. The van der Waals surface area contributed by atoms with Crippen LogP contribution < -0.4 is 5.32 Å². The van der Waals surface area contributed by atoms with Crippen molar-refractivity contribution in [3.63, 3.8) is 0 Å². The number of nitrogens with one attached hydrogen (secondary N) is 1. The van der Waals surface area contributed by atoms with Crippen LogP contribution in [-0.4, -0.2) is 46.8 Å². The summed E-state index contributed by atoms with van der Waals surface area (Å²) in [6.07, 6.45) is 3.59. The fourth-order valence-corrected chi connectivity index (χ4v) is 2.36. The Labute approximate surface area is 108 Å². The molecule has 1 rings (SSSR count). The summed E-state index contributed by atoms with van der Waals surface area (Å²) in [5.74, 6) is 1.92. The maximum absolute atomic E-state index is 4.48. The molecule has 5 heteroatoms. The van der Waals surface area contributed by atoms with Crippen molar-refractivity contribution in [3.05, 3.63) is 12.4 Å². The van der Waals surface area contributed by atoms with Crippen molar-refractivity contribution in [2.45, 2.75) is 25.8 Å². The van der Waals surface area contributed by atoms with Crippen LogP contribution in [0.1, 0.15) is 20.8 Å². The standard InChI is InChI=1S/C12H22N4S/c1-4-14-11-9-13-10-12(15-11)17-8-7-16(5-2)6-3/h9-10H,4-8H2,1-3H3,(H,14,15). The number of nitrogens with zero attached hydrogens (tertiary/aromatic N) is 3. The highest BCUT2D eigenvalue weighted by molar-refractivity contribution is 7.99. The number of hydrogen-bond donors (Lipinski definition) is 1. The van der Waals surface area contributed by atoms with Crippen LogP contribution in [0.15, 0.2) is 17.4 Å². The van der Waals surface area contributed by atoms with Crippen molar-refractivity contribution >= 4 is 17.6 Å². The van der Waals surface area contributed by atoms with Gasteiger partial charge in [0.05, 0.1) is 12.4 Å². The van der Waals surface area contributed by atoms with Crippen LogP contribution in [0.25, 0.3) is 0 Å². The predicted molar refractivity (Wildman–Crippen MR) is 74.7 cm³/mol. The molecule has 4 nitrogen and oxygen atoms in total. The molecule has 0 unspecified atom stereocenters. The van der Waals surface area contributed by atoms with E-state index in [0.717, 1.165) is 42.8 Å². The molecule has 0 atom stereocenters. The topological polar surface area (TPSA) is 41.1 Å². The molecule has 1 N–H and O–H groups in total. The van der Waals surface area contributed by atoms with Crippen molar-refractivity contribution in [1.29, 1.82) is 0 Å². The van der Waals surface area contributed by atoms with Crippen molar-refractivity contribution < 1.29 is 0 Å². The molecule has 17 heavy (non-hydrogen) atoms. The second kappa shape index (κ2) is 8.31. The maximum atomic E-state index is 4.48. The van der Waals surface area contributed by atoms with E-state index in [-0.39, 0.29) is 0 Å². The van der Waals surface area contributed by atoms with E-state index in [2.05, 4.69) is 41.0 Å². The van der Waals surface area contributed by atoms with Crippen LogP contribution >= 0.6 is 11.8 Å². The first-order valence-electron chi connectivity index (χ1n) is 6.21. The van der Waals surface area contributed by atoms with E-state index in [4.69, 9.17) is 0 Å². The summed E-state index contributed by atoms with van der Waals surface area (Å²) in [5, 5.41) is 4.17. The summed E-state index contributed by atoms with van der Waals surface area (Å²) in [4.78, 5) is 11.1. The summed E-state index contributed by atoms with van der Waals surface area (Å²) in [5.41, 5.74) is 0. The molecule has 0 aliphatic carbocycles. The van der Waals surface area contributed by atoms with Crippen LogP contribution in [0.4, 0.5) is 5.82 Å². The maximum Gasteiger partial charge on any atom is 0.145 e. The van der Waals surface area contributed by atoms with Gasteiger partial charge in [0.15, 0.2) is 0 Å². The number of anilines is 1. The van der Waals surface area contributed by atoms with Crippen molar-refractivity contribution in [1.82, 2.24) is 14.9 Å². The SMILES string of the molecule is CCNc1cncc(SCCN(CC)CC)n1. The van der Waals surface area contributed by atoms with E-state index < -0.39 is 0 Å². The van der Waals surface area contributed by atoms with Gasteiger partial charge in [-0.1, -0.05) is 13.8 Å². The first-order chi connectivity index (χ1) is 8.30. The highest BCUT2D eigenvalue weighted by atomic mass is 32.2. The Balaban J connectivity index is 2.38. The minimum Gasteiger partial charge on any atom is -0.369 e. The van der Waals surface area contributed by atoms with E-state index in [1.807, 2.05) is 6.20 Å². The highest BCUT2D eigenvalue weighted by Crippen LogP contribution is 2.15. The quantitative estimate of drug-likeness (QED) is 0.721. The molecule has 0 radical (unpaired) electrons. The monoisotopic (exact) mass is 254 g/mol. The third-order valence-corrected chi connectivity index (χ3v) is 3.40. The Morgan fingerprint density at radius 1 is 1.24 bits per heavy atom. The number of thioether (sulfide) groups is 1. The molecule has 0 aromatic carbocycles. The fraction of sp³-hybridized carbons (Fsp3) is 0.667. The van der Waals surface area contributed by atoms with E-state index in [1.165, 1.54) is 0 Å². The van der Waals surface area contributed by atoms with E-state index in [9.17, 15) is 0 Å².